The Labute approximate surface area is 249 Å². The van der Waals surface area contributed by atoms with Crippen LogP contribution < -0.4 is 18.9 Å². The molecule has 0 bridgehead atoms. The third-order valence-electron chi connectivity index (χ3n) is 7.77. The van der Waals surface area contributed by atoms with Gasteiger partial charge in [-0.25, -0.2) is 4.68 Å². The van der Waals surface area contributed by atoms with Crippen molar-refractivity contribution < 1.29 is 23.7 Å². The molecule has 10 heteroatoms. The summed E-state index contributed by atoms with van der Waals surface area (Å²) >= 11 is 1.86. The van der Waals surface area contributed by atoms with Crippen LogP contribution in [0.1, 0.15) is 35.5 Å². The quantitative estimate of drug-likeness (QED) is 0.280. The van der Waals surface area contributed by atoms with Crippen molar-refractivity contribution in [1.82, 2.24) is 19.7 Å². The Hall–Kier alpha value is -4.18. The molecule has 2 aromatic heterocycles. The van der Waals surface area contributed by atoms with E-state index >= 15 is 0 Å². The summed E-state index contributed by atoms with van der Waals surface area (Å²) in [6, 6.07) is 11.6. The molecule has 1 saturated heterocycles. The number of aryl methyl sites for hydroxylation is 1. The van der Waals surface area contributed by atoms with Gasteiger partial charge in [0.05, 0.1) is 32.7 Å². The number of carbonyl (C=O) groups excluding carboxylic acids is 1. The Bertz CT molecular complexity index is 1660. The fourth-order valence-electron chi connectivity index (χ4n) is 5.61. The van der Waals surface area contributed by atoms with Crippen molar-refractivity contribution in [2.24, 2.45) is 0 Å². The average molecular weight is 587 g/mol. The van der Waals surface area contributed by atoms with Crippen molar-refractivity contribution in [3.05, 3.63) is 65.6 Å². The van der Waals surface area contributed by atoms with Gasteiger partial charge in [-0.05, 0) is 38.5 Å². The van der Waals surface area contributed by atoms with E-state index in [9.17, 15) is 4.79 Å². The standard InChI is InChI=1S/C32H34N4O5S/c1-19-9-20(16-33-15-19)24-13-25-28(14-27(24)40-6)41-17-26-29(31(37)35-7-8-42-18-32(35,2)3)34-36(30(25)26)21-10-22(38-4)12-23(11-21)39-5/h9-16H,7-8,17-18H2,1-6H3. The van der Waals surface area contributed by atoms with Gasteiger partial charge in [0.1, 0.15) is 29.6 Å². The van der Waals surface area contributed by atoms with E-state index in [1.807, 2.05) is 71.0 Å². The molecule has 1 fully saturated rings. The number of rotatable bonds is 6. The molecule has 6 rings (SSSR count). The van der Waals surface area contributed by atoms with Crippen LogP contribution in [0.15, 0.2) is 48.8 Å². The zero-order valence-electron chi connectivity index (χ0n) is 24.7. The van der Waals surface area contributed by atoms with Gasteiger partial charge in [-0.3, -0.25) is 9.78 Å². The predicted octanol–water partition coefficient (Wildman–Crippen LogP) is 5.80. The highest BCUT2D eigenvalue weighted by Gasteiger charge is 2.39. The van der Waals surface area contributed by atoms with E-state index in [-0.39, 0.29) is 18.1 Å². The topological polar surface area (TPSA) is 87.9 Å². The molecular weight excluding hydrogens is 552 g/mol. The molecule has 2 aliphatic heterocycles. The van der Waals surface area contributed by atoms with Gasteiger partial charge < -0.3 is 23.8 Å². The van der Waals surface area contributed by atoms with Crippen LogP contribution in [0.3, 0.4) is 0 Å². The number of aromatic nitrogens is 3. The Kier molecular flexibility index (Phi) is 7.26. The van der Waals surface area contributed by atoms with Crippen LogP contribution in [-0.4, -0.2) is 70.5 Å². The van der Waals surface area contributed by atoms with Gasteiger partial charge >= 0.3 is 0 Å². The number of methoxy groups -OCH3 is 3. The zero-order chi connectivity index (χ0) is 29.6. The highest BCUT2D eigenvalue weighted by atomic mass is 32.2. The molecule has 42 heavy (non-hydrogen) atoms. The number of hydrogen-bond acceptors (Lipinski definition) is 8. The molecule has 4 aromatic rings. The number of thioether (sulfide) groups is 1. The Morgan fingerprint density at radius 3 is 2.40 bits per heavy atom. The van der Waals surface area contributed by atoms with Gasteiger partial charge in [-0.15, -0.1) is 0 Å². The molecule has 1 amide bonds. The SMILES string of the molecule is COc1cc(OC)cc(-n2nc(C(=O)N3CCSCC3(C)C)c3c2-c2cc(-c4cncc(C)c4)c(OC)cc2OC3)c1. The van der Waals surface area contributed by atoms with E-state index in [4.69, 9.17) is 24.0 Å². The van der Waals surface area contributed by atoms with Crippen LogP contribution in [0, 0.1) is 6.92 Å². The molecule has 218 valence electrons. The first-order chi connectivity index (χ1) is 20.2. The van der Waals surface area contributed by atoms with Gasteiger partial charge in [0.15, 0.2) is 5.69 Å². The predicted molar refractivity (Wildman–Crippen MR) is 163 cm³/mol. The first-order valence-electron chi connectivity index (χ1n) is 13.8. The summed E-state index contributed by atoms with van der Waals surface area (Å²) in [5.41, 5.74) is 5.92. The molecule has 0 unspecified atom stereocenters. The van der Waals surface area contributed by atoms with Crippen molar-refractivity contribution in [2.75, 3.05) is 39.4 Å². The summed E-state index contributed by atoms with van der Waals surface area (Å²) in [6.45, 7) is 7.07. The van der Waals surface area contributed by atoms with Crippen LogP contribution in [0.5, 0.6) is 23.0 Å². The molecule has 0 aliphatic carbocycles. The molecule has 0 N–H and O–H groups in total. The number of ether oxygens (including phenoxy) is 4. The van der Waals surface area contributed by atoms with Crippen LogP contribution in [-0.2, 0) is 6.61 Å². The molecule has 0 saturated carbocycles. The second-order valence-corrected chi connectivity index (χ2v) is 12.2. The number of pyridine rings is 1. The molecule has 9 nitrogen and oxygen atoms in total. The zero-order valence-corrected chi connectivity index (χ0v) is 25.5. The van der Waals surface area contributed by atoms with E-state index in [2.05, 4.69) is 24.9 Å². The minimum absolute atomic E-state index is 0.103. The fraction of sp³-hybridized carbons (Fsp3) is 0.344. The lowest BCUT2D eigenvalue weighted by Crippen LogP contribution is -2.53. The summed E-state index contributed by atoms with van der Waals surface area (Å²) in [5, 5.41) is 5.00. The first kappa shape index (κ1) is 28.0. The van der Waals surface area contributed by atoms with Crippen LogP contribution in [0.25, 0.3) is 28.1 Å². The molecular formula is C32H34N4O5S. The maximum absolute atomic E-state index is 14.2. The maximum Gasteiger partial charge on any atom is 0.275 e. The van der Waals surface area contributed by atoms with Crippen LogP contribution in [0.2, 0.25) is 0 Å². The highest BCUT2D eigenvalue weighted by Crippen LogP contribution is 2.46. The summed E-state index contributed by atoms with van der Waals surface area (Å²) in [5.74, 6) is 4.19. The van der Waals surface area contributed by atoms with Gasteiger partial charge in [0.2, 0.25) is 0 Å². The van der Waals surface area contributed by atoms with Crippen LogP contribution >= 0.6 is 11.8 Å². The Morgan fingerprint density at radius 1 is 0.976 bits per heavy atom. The van der Waals surface area contributed by atoms with Gasteiger partial charge in [0.25, 0.3) is 5.91 Å². The third kappa shape index (κ3) is 4.83. The van der Waals surface area contributed by atoms with Crippen molar-refractivity contribution in [3.8, 4) is 51.1 Å². The Morgan fingerprint density at radius 2 is 1.74 bits per heavy atom. The van der Waals surface area contributed by atoms with E-state index in [1.54, 1.807) is 21.3 Å². The highest BCUT2D eigenvalue weighted by molar-refractivity contribution is 7.99. The van der Waals surface area contributed by atoms with Gasteiger partial charge in [-0.1, -0.05) is 0 Å². The number of nitrogens with zero attached hydrogens (tertiary/aromatic N) is 4. The van der Waals surface area contributed by atoms with E-state index in [0.29, 0.717) is 40.9 Å². The van der Waals surface area contributed by atoms with Crippen molar-refractivity contribution in [1.29, 1.82) is 0 Å². The minimum Gasteiger partial charge on any atom is -0.497 e. The number of amides is 1. The summed E-state index contributed by atoms with van der Waals surface area (Å²) in [6.07, 6.45) is 3.64. The van der Waals surface area contributed by atoms with E-state index in [0.717, 1.165) is 45.0 Å². The smallest absolute Gasteiger partial charge is 0.275 e. The Balaban J connectivity index is 1.60. The number of fused-ring (bicyclic) bond motifs is 3. The minimum atomic E-state index is -0.304. The van der Waals surface area contributed by atoms with Crippen molar-refractivity contribution >= 4 is 17.7 Å². The average Bonchev–Trinajstić information content (AvgIpc) is 3.40. The van der Waals surface area contributed by atoms with Crippen molar-refractivity contribution in [2.45, 2.75) is 32.9 Å². The number of benzene rings is 2. The molecule has 2 aliphatic rings. The monoisotopic (exact) mass is 586 g/mol. The third-order valence-corrected chi connectivity index (χ3v) is 9.15. The van der Waals surface area contributed by atoms with Gasteiger partial charge in [-0.2, -0.15) is 16.9 Å². The molecule has 0 atom stereocenters. The lowest BCUT2D eigenvalue weighted by atomic mass is 9.95. The van der Waals surface area contributed by atoms with Gasteiger partial charge in [0, 0.05) is 82.5 Å². The molecule has 2 aromatic carbocycles. The lowest BCUT2D eigenvalue weighted by molar-refractivity contribution is 0.0588. The van der Waals surface area contributed by atoms with E-state index < -0.39 is 0 Å². The summed E-state index contributed by atoms with van der Waals surface area (Å²) in [7, 11) is 4.87. The second-order valence-electron chi connectivity index (χ2n) is 11.1. The van der Waals surface area contributed by atoms with Crippen LogP contribution in [0.4, 0.5) is 0 Å². The second kappa shape index (κ2) is 10.9. The lowest BCUT2D eigenvalue weighted by Gasteiger charge is -2.41. The van der Waals surface area contributed by atoms with Crippen molar-refractivity contribution in [3.63, 3.8) is 0 Å². The summed E-state index contributed by atoms with van der Waals surface area (Å²) < 4.78 is 25.1. The number of carbonyl (C=O) groups is 1. The molecule has 4 heterocycles. The largest absolute Gasteiger partial charge is 0.497 e. The summed E-state index contributed by atoms with van der Waals surface area (Å²) in [4.78, 5) is 20.6. The normalized spacial score (nSPS) is 15.3. The first-order valence-corrected chi connectivity index (χ1v) is 14.9. The maximum atomic E-state index is 14.2. The molecule has 0 radical (unpaired) electrons. The fourth-order valence-corrected chi connectivity index (χ4v) is 6.72. The number of hydrogen-bond donors (Lipinski definition) is 0. The van der Waals surface area contributed by atoms with E-state index in [1.165, 1.54) is 0 Å². The molecule has 0 spiro atoms.